The third kappa shape index (κ3) is 2.17. The minimum Gasteiger partial charge on any atom is -0.480 e. The van der Waals surface area contributed by atoms with Gasteiger partial charge in [-0.3, -0.25) is 0 Å². The number of carboxylic acids is 1. The summed E-state index contributed by atoms with van der Waals surface area (Å²) in [6, 6.07) is 0. The number of hydrogen-bond acceptors (Lipinski definition) is 4. The second-order valence-electron chi connectivity index (χ2n) is 4.81. The normalized spacial score (nSPS) is 18.2. The van der Waals surface area contributed by atoms with E-state index < -0.39 is 11.5 Å². The standard InChI is InChI=1S/C11H17N3O3/c1-11(2,10(15)16)14-7-12-13-9(14)8-3-5-17-6-4-8/h7-8H,3-6H2,1-2H3,(H,15,16). The Balaban J connectivity index is 2.30. The number of rotatable bonds is 3. The van der Waals surface area contributed by atoms with Gasteiger partial charge in [0.25, 0.3) is 0 Å². The van der Waals surface area contributed by atoms with E-state index in [1.165, 1.54) is 6.33 Å². The second-order valence-corrected chi connectivity index (χ2v) is 4.81. The molecule has 0 amide bonds. The highest BCUT2D eigenvalue weighted by Gasteiger charge is 2.34. The Morgan fingerprint density at radius 2 is 2.18 bits per heavy atom. The number of aromatic nitrogens is 3. The molecule has 2 heterocycles. The van der Waals surface area contributed by atoms with Gasteiger partial charge in [-0.1, -0.05) is 0 Å². The maximum atomic E-state index is 11.3. The van der Waals surface area contributed by atoms with Crippen LogP contribution in [-0.2, 0) is 15.1 Å². The van der Waals surface area contributed by atoms with Crippen molar-refractivity contribution in [3.05, 3.63) is 12.2 Å². The summed E-state index contributed by atoms with van der Waals surface area (Å²) in [5.74, 6) is 0.108. The predicted molar refractivity (Wildman–Crippen MR) is 59.8 cm³/mol. The van der Waals surface area contributed by atoms with Crippen molar-refractivity contribution >= 4 is 5.97 Å². The summed E-state index contributed by atoms with van der Waals surface area (Å²) in [4.78, 5) is 11.3. The molecule has 1 aliphatic heterocycles. The van der Waals surface area contributed by atoms with Crippen molar-refractivity contribution in [1.82, 2.24) is 14.8 Å². The topological polar surface area (TPSA) is 77.2 Å². The lowest BCUT2D eigenvalue weighted by Crippen LogP contribution is -2.37. The van der Waals surface area contributed by atoms with Crippen molar-refractivity contribution in [2.24, 2.45) is 0 Å². The minimum absolute atomic E-state index is 0.241. The van der Waals surface area contributed by atoms with Gasteiger partial charge in [0.1, 0.15) is 17.7 Å². The number of carbonyl (C=O) groups is 1. The average Bonchev–Trinajstić information content (AvgIpc) is 2.79. The van der Waals surface area contributed by atoms with Crippen molar-refractivity contribution in [3.8, 4) is 0 Å². The second kappa shape index (κ2) is 4.44. The minimum atomic E-state index is -1.02. The molecule has 1 saturated heterocycles. The molecule has 1 N–H and O–H groups in total. The van der Waals surface area contributed by atoms with Crippen LogP contribution in [0.15, 0.2) is 6.33 Å². The highest BCUT2D eigenvalue weighted by molar-refractivity contribution is 5.75. The maximum absolute atomic E-state index is 11.3. The van der Waals surface area contributed by atoms with E-state index in [0.29, 0.717) is 13.2 Å². The Bertz CT molecular complexity index is 408. The Labute approximate surface area is 99.6 Å². The molecule has 0 unspecified atom stereocenters. The largest absolute Gasteiger partial charge is 0.480 e. The fourth-order valence-corrected chi connectivity index (χ4v) is 2.01. The lowest BCUT2D eigenvalue weighted by Gasteiger charge is -2.27. The van der Waals surface area contributed by atoms with Crippen molar-refractivity contribution in [1.29, 1.82) is 0 Å². The summed E-state index contributed by atoms with van der Waals surface area (Å²) in [5.41, 5.74) is -1.02. The van der Waals surface area contributed by atoms with Crippen molar-refractivity contribution in [2.75, 3.05) is 13.2 Å². The molecule has 0 bridgehead atoms. The van der Waals surface area contributed by atoms with Crippen LogP contribution < -0.4 is 0 Å². The molecule has 2 rings (SSSR count). The van der Waals surface area contributed by atoms with E-state index in [-0.39, 0.29) is 5.92 Å². The SMILES string of the molecule is CC(C)(C(=O)O)n1cnnc1C1CCOCC1. The number of nitrogens with zero attached hydrogens (tertiary/aromatic N) is 3. The molecule has 1 aromatic rings. The molecule has 0 atom stereocenters. The summed E-state index contributed by atoms with van der Waals surface area (Å²) < 4.78 is 6.95. The first kappa shape index (κ1) is 12.0. The molecule has 0 aromatic carbocycles. The quantitative estimate of drug-likeness (QED) is 0.851. The zero-order chi connectivity index (χ0) is 12.5. The van der Waals surface area contributed by atoms with E-state index in [4.69, 9.17) is 4.74 Å². The highest BCUT2D eigenvalue weighted by Crippen LogP contribution is 2.28. The van der Waals surface area contributed by atoms with Crippen LogP contribution in [0.25, 0.3) is 0 Å². The van der Waals surface area contributed by atoms with Gasteiger partial charge in [-0.05, 0) is 26.7 Å². The van der Waals surface area contributed by atoms with Gasteiger partial charge in [0.05, 0.1) is 0 Å². The van der Waals surface area contributed by atoms with Crippen LogP contribution in [0.1, 0.15) is 38.4 Å². The monoisotopic (exact) mass is 239 g/mol. The fourth-order valence-electron chi connectivity index (χ4n) is 2.01. The molecule has 0 saturated carbocycles. The molecule has 6 nitrogen and oxygen atoms in total. The Morgan fingerprint density at radius 3 is 2.76 bits per heavy atom. The van der Waals surface area contributed by atoms with Crippen LogP contribution in [0.5, 0.6) is 0 Å². The number of hydrogen-bond donors (Lipinski definition) is 1. The summed E-state index contributed by atoms with van der Waals surface area (Å²) >= 11 is 0. The summed E-state index contributed by atoms with van der Waals surface area (Å²) in [6.45, 7) is 4.71. The van der Waals surface area contributed by atoms with E-state index in [1.807, 2.05) is 0 Å². The first-order chi connectivity index (χ1) is 8.03. The van der Waals surface area contributed by atoms with E-state index >= 15 is 0 Å². The summed E-state index contributed by atoms with van der Waals surface area (Å²) in [7, 11) is 0. The van der Waals surface area contributed by atoms with Crippen LogP contribution in [0.2, 0.25) is 0 Å². The lowest BCUT2D eigenvalue weighted by atomic mass is 9.97. The number of ether oxygens (including phenoxy) is 1. The molecule has 94 valence electrons. The number of aliphatic carboxylic acids is 1. The zero-order valence-electron chi connectivity index (χ0n) is 10.1. The molecule has 0 aliphatic carbocycles. The average molecular weight is 239 g/mol. The van der Waals surface area contributed by atoms with Gasteiger partial charge in [0.15, 0.2) is 0 Å². The molecule has 1 fully saturated rings. The van der Waals surface area contributed by atoms with Crippen molar-refractivity contribution in [3.63, 3.8) is 0 Å². The first-order valence-corrected chi connectivity index (χ1v) is 5.75. The summed E-state index contributed by atoms with van der Waals surface area (Å²) in [6.07, 6.45) is 3.24. The molecular formula is C11H17N3O3. The lowest BCUT2D eigenvalue weighted by molar-refractivity contribution is -0.145. The molecule has 1 aromatic heterocycles. The van der Waals surface area contributed by atoms with Crippen LogP contribution in [-0.4, -0.2) is 39.1 Å². The van der Waals surface area contributed by atoms with E-state index in [1.54, 1.807) is 18.4 Å². The van der Waals surface area contributed by atoms with Crippen LogP contribution in [0.4, 0.5) is 0 Å². The van der Waals surface area contributed by atoms with E-state index in [9.17, 15) is 9.90 Å². The van der Waals surface area contributed by atoms with Crippen LogP contribution in [0.3, 0.4) is 0 Å². The van der Waals surface area contributed by atoms with Gasteiger partial charge >= 0.3 is 5.97 Å². The third-order valence-electron chi connectivity index (χ3n) is 3.29. The molecule has 17 heavy (non-hydrogen) atoms. The molecule has 0 spiro atoms. The van der Waals surface area contributed by atoms with Gasteiger partial charge in [-0.15, -0.1) is 10.2 Å². The summed E-state index contributed by atoms with van der Waals surface area (Å²) in [5, 5.41) is 17.2. The third-order valence-corrected chi connectivity index (χ3v) is 3.29. The smallest absolute Gasteiger partial charge is 0.329 e. The maximum Gasteiger partial charge on any atom is 0.329 e. The Hall–Kier alpha value is -1.43. The first-order valence-electron chi connectivity index (χ1n) is 5.75. The predicted octanol–water partition coefficient (Wildman–Crippen LogP) is 0.992. The Morgan fingerprint density at radius 1 is 1.53 bits per heavy atom. The van der Waals surface area contributed by atoms with Gasteiger partial charge in [0, 0.05) is 19.1 Å². The molecule has 1 aliphatic rings. The van der Waals surface area contributed by atoms with Gasteiger partial charge in [0.2, 0.25) is 0 Å². The van der Waals surface area contributed by atoms with Gasteiger partial charge in [-0.2, -0.15) is 0 Å². The van der Waals surface area contributed by atoms with Crippen LogP contribution in [0, 0.1) is 0 Å². The van der Waals surface area contributed by atoms with Crippen LogP contribution >= 0.6 is 0 Å². The van der Waals surface area contributed by atoms with Crippen molar-refractivity contribution < 1.29 is 14.6 Å². The van der Waals surface area contributed by atoms with Gasteiger partial charge in [-0.25, -0.2) is 4.79 Å². The van der Waals surface area contributed by atoms with E-state index in [2.05, 4.69) is 10.2 Å². The molecule has 0 radical (unpaired) electrons. The molecular weight excluding hydrogens is 222 g/mol. The van der Waals surface area contributed by atoms with Crippen molar-refractivity contribution in [2.45, 2.75) is 38.1 Å². The van der Waals surface area contributed by atoms with E-state index in [0.717, 1.165) is 18.7 Å². The fraction of sp³-hybridized carbons (Fsp3) is 0.727. The Kier molecular flexibility index (Phi) is 3.15. The molecule has 6 heteroatoms. The van der Waals surface area contributed by atoms with Gasteiger partial charge < -0.3 is 14.4 Å². The highest BCUT2D eigenvalue weighted by atomic mass is 16.5. The zero-order valence-corrected chi connectivity index (χ0v) is 10.1. The number of carboxylic acid groups (broad SMARTS) is 1.